The van der Waals surface area contributed by atoms with Gasteiger partial charge in [0, 0.05) is 5.02 Å². The molecule has 0 fully saturated rings. The van der Waals surface area contributed by atoms with Crippen molar-refractivity contribution in [1.82, 2.24) is 4.98 Å². The quantitative estimate of drug-likeness (QED) is 0.489. The zero-order valence-electron chi connectivity index (χ0n) is 16.6. The highest BCUT2D eigenvalue weighted by Gasteiger charge is 2.19. The molecule has 1 aromatic heterocycles. The Bertz CT molecular complexity index is 1090. The van der Waals surface area contributed by atoms with Crippen molar-refractivity contribution in [3.05, 3.63) is 68.9 Å². The molecule has 1 N–H and O–H groups in total. The molecule has 0 bridgehead atoms. The van der Waals surface area contributed by atoms with Gasteiger partial charge in [-0.15, -0.1) is 11.3 Å². The number of aryl methyl sites for hydroxylation is 1. The molecule has 31 heavy (non-hydrogen) atoms. The Morgan fingerprint density at radius 3 is 2.65 bits per heavy atom. The molecule has 0 aliphatic heterocycles. The summed E-state index contributed by atoms with van der Waals surface area (Å²) in [7, 11) is 1.46. The smallest absolute Gasteiger partial charge is 0.350 e. The summed E-state index contributed by atoms with van der Waals surface area (Å²) in [6.45, 7) is 1.28. The fourth-order valence-electron chi connectivity index (χ4n) is 2.54. The van der Waals surface area contributed by atoms with E-state index >= 15 is 0 Å². The molecular weight excluding hydrogens is 447 g/mol. The maximum atomic E-state index is 12.9. The van der Waals surface area contributed by atoms with Gasteiger partial charge in [0.2, 0.25) is 0 Å². The van der Waals surface area contributed by atoms with E-state index < -0.39 is 18.5 Å². The SMILES string of the molecule is COc1ccc(Cl)cc1NC(=O)COC(=O)c1sc(COc2ccc(F)cc2)nc1C. The molecule has 3 aromatic rings. The van der Waals surface area contributed by atoms with Crippen LogP contribution in [0.5, 0.6) is 11.5 Å². The summed E-state index contributed by atoms with van der Waals surface area (Å²) >= 11 is 7.03. The molecule has 3 rings (SSSR count). The van der Waals surface area contributed by atoms with Crippen molar-refractivity contribution in [3.63, 3.8) is 0 Å². The average Bonchev–Trinajstić information content (AvgIpc) is 3.12. The van der Waals surface area contributed by atoms with Crippen LogP contribution in [0.3, 0.4) is 0 Å². The van der Waals surface area contributed by atoms with Gasteiger partial charge in [-0.05, 0) is 49.4 Å². The van der Waals surface area contributed by atoms with E-state index in [9.17, 15) is 14.0 Å². The minimum absolute atomic E-state index is 0.111. The molecule has 0 atom stereocenters. The number of methoxy groups -OCH3 is 1. The largest absolute Gasteiger partial charge is 0.495 e. The summed E-state index contributed by atoms with van der Waals surface area (Å²) in [5.41, 5.74) is 0.829. The molecule has 0 aliphatic carbocycles. The predicted octanol–water partition coefficient (Wildman–Crippen LogP) is 4.63. The van der Waals surface area contributed by atoms with Crippen molar-refractivity contribution >= 4 is 40.5 Å². The summed E-state index contributed by atoms with van der Waals surface area (Å²) in [5.74, 6) is -0.674. The molecule has 162 valence electrons. The summed E-state index contributed by atoms with van der Waals surface area (Å²) < 4.78 is 28.7. The Balaban J connectivity index is 1.55. The van der Waals surface area contributed by atoms with Gasteiger partial charge in [-0.2, -0.15) is 0 Å². The zero-order chi connectivity index (χ0) is 22.4. The molecule has 0 spiro atoms. The number of ether oxygens (including phenoxy) is 3. The Kier molecular flexibility index (Phi) is 7.43. The second-order valence-electron chi connectivity index (χ2n) is 6.23. The van der Waals surface area contributed by atoms with Gasteiger partial charge in [-0.3, -0.25) is 4.79 Å². The van der Waals surface area contributed by atoms with E-state index in [0.29, 0.717) is 32.9 Å². The number of thiazole rings is 1. The average molecular weight is 465 g/mol. The van der Waals surface area contributed by atoms with Crippen LogP contribution in [0.2, 0.25) is 5.02 Å². The molecule has 0 saturated carbocycles. The highest BCUT2D eigenvalue weighted by Crippen LogP contribution is 2.27. The lowest BCUT2D eigenvalue weighted by molar-refractivity contribution is -0.119. The number of anilines is 1. The van der Waals surface area contributed by atoms with Crippen molar-refractivity contribution in [2.45, 2.75) is 13.5 Å². The van der Waals surface area contributed by atoms with Crippen LogP contribution in [0.1, 0.15) is 20.4 Å². The minimum atomic E-state index is -0.670. The molecule has 0 unspecified atom stereocenters. The van der Waals surface area contributed by atoms with E-state index in [0.717, 1.165) is 11.3 Å². The number of halogens is 2. The Labute approximate surface area is 186 Å². The summed E-state index contributed by atoms with van der Waals surface area (Å²) in [5, 5.41) is 3.55. The number of nitrogens with one attached hydrogen (secondary N) is 1. The molecule has 1 heterocycles. The number of amides is 1. The van der Waals surface area contributed by atoms with Gasteiger partial charge in [-0.1, -0.05) is 11.6 Å². The third-order valence-corrected chi connectivity index (χ3v) is 5.32. The summed E-state index contributed by atoms with van der Waals surface area (Å²) in [6.07, 6.45) is 0. The highest BCUT2D eigenvalue weighted by molar-refractivity contribution is 7.13. The van der Waals surface area contributed by atoms with Crippen LogP contribution in [-0.4, -0.2) is 30.6 Å². The second-order valence-corrected chi connectivity index (χ2v) is 7.75. The van der Waals surface area contributed by atoms with Crippen molar-refractivity contribution in [1.29, 1.82) is 0 Å². The van der Waals surface area contributed by atoms with Crippen LogP contribution >= 0.6 is 22.9 Å². The number of esters is 1. The molecule has 0 radical (unpaired) electrons. The van der Waals surface area contributed by atoms with Crippen molar-refractivity contribution in [2.24, 2.45) is 0 Å². The first-order chi connectivity index (χ1) is 14.9. The Morgan fingerprint density at radius 2 is 1.94 bits per heavy atom. The maximum absolute atomic E-state index is 12.9. The topological polar surface area (TPSA) is 86.8 Å². The van der Waals surface area contributed by atoms with E-state index in [1.54, 1.807) is 19.1 Å². The predicted molar refractivity (Wildman–Crippen MR) is 114 cm³/mol. The Morgan fingerprint density at radius 1 is 1.19 bits per heavy atom. The van der Waals surface area contributed by atoms with Crippen LogP contribution in [0.25, 0.3) is 0 Å². The van der Waals surface area contributed by atoms with Crippen molar-refractivity contribution in [3.8, 4) is 11.5 Å². The van der Waals surface area contributed by atoms with Gasteiger partial charge in [-0.25, -0.2) is 14.2 Å². The van der Waals surface area contributed by atoms with Crippen LogP contribution in [-0.2, 0) is 16.1 Å². The fourth-order valence-corrected chi connectivity index (χ4v) is 3.58. The van der Waals surface area contributed by atoms with Gasteiger partial charge in [0.25, 0.3) is 5.91 Å². The number of hydrogen-bond acceptors (Lipinski definition) is 7. The van der Waals surface area contributed by atoms with E-state index in [1.165, 1.54) is 37.4 Å². The molecule has 0 aliphatic rings. The number of hydrogen-bond donors (Lipinski definition) is 1. The molecule has 1 amide bonds. The second kappa shape index (κ2) is 10.2. The van der Waals surface area contributed by atoms with Gasteiger partial charge in [0.15, 0.2) is 6.61 Å². The maximum Gasteiger partial charge on any atom is 0.350 e. The number of nitrogens with zero attached hydrogens (tertiary/aromatic N) is 1. The Hall–Kier alpha value is -3.17. The van der Waals surface area contributed by atoms with Gasteiger partial charge < -0.3 is 19.5 Å². The van der Waals surface area contributed by atoms with E-state index in [4.69, 9.17) is 25.8 Å². The van der Waals surface area contributed by atoms with Gasteiger partial charge in [0.05, 0.1) is 18.5 Å². The number of rotatable bonds is 8. The number of aromatic nitrogens is 1. The van der Waals surface area contributed by atoms with Gasteiger partial charge in [0.1, 0.15) is 33.8 Å². The van der Waals surface area contributed by atoms with Crippen molar-refractivity contribution < 1.29 is 28.2 Å². The monoisotopic (exact) mass is 464 g/mol. The van der Waals surface area contributed by atoms with Crippen LogP contribution in [0.4, 0.5) is 10.1 Å². The third-order valence-electron chi connectivity index (χ3n) is 3.97. The van der Waals surface area contributed by atoms with E-state index in [1.807, 2.05) is 0 Å². The fraction of sp³-hybridized carbons (Fsp3) is 0.190. The zero-order valence-corrected chi connectivity index (χ0v) is 18.2. The number of benzene rings is 2. The molecule has 7 nitrogen and oxygen atoms in total. The van der Waals surface area contributed by atoms with E-state index in [-0.39, 0.29) is 17.3 Å². The normalized spacial score (nSPS) is 10.5. The first-order valence-corrected chi connectivity index (χ1v) is 10.2. The highest BCUT2D eigenvalue weighted by atomic mass is 35.5. The van der Waals surface area contributed by atoms with Gasteiger partial charge >= 0.3 is 5.97 Å². The van der Waals surface area contributed by atoms with E-state index in [2.05, 4.69) is 10.3 Å². The van der Waals surface area contributed by atoms with Crippen LogP contribution in [0, 0.1) is 12.7 Å². The van der Waals surface area contributed by atoms with Crippen LogP contribution < -0.4 is 14.8 Å². The standard InChI is InChI=1S/C21H18ClFN2O5S/c1-12-20(31-19(24-12)11-29-15-6-4-14(23)5-7-15)21(27)30-10-18(26)25-16-9-13(22)3-8-17(16)28-2/h3-9H,10-11H2,1-2H3,(H,25,26). The van der Waals surface area contributed by atoms with Crippen molar-refractivity contribution in [2.75, 3.05) is 19.0 Å². The number of carbonyl (C=O) groups is 2. The first-order valence-electron chi connectivity index (χ1n) is 9.01. The minimum Gasteiger partial charge on any atom is -0.495 e. The lowest BCUT2D eigenvalue weighted by Gasteiger charge is -2.10. The first kappa shape index (κ1) is 22.5. The van der Waals surface area contributed by atoms with Crippen LogP contribution in [0.15, 0.2) is 42.5 Å². The lowest BCUT2D eigenvalue weighted by atomic mass is 10.3. The molecule has 0 saturated heterocycles. The number of carbonyl (C=O) groups excluding carboxylic acids is 2. The molecule has 2 aromatic carbocycles. The lowest BCUT2D eigenvalue weighted by Crippen LogP contribution is -2.21. The third kappa shape index (κ3) is 6.16. The molecular formula is C21H18ClFN2O5S. The summed E-state index contributed by atoms with van der Waals surface area (Å²) in [6, 6.07) is 10.3. The molecule has 10 heteroatoms. The summed E-state index contributed by atoms with van der Waals surface area (Å²) in [4.78, 5) is 29.1.